The summed E-state index contributed by atoms with van der Waals surface area (Å²) in [5, 5.41) is 0.239. The van der Waals surface area contributed by atoms with Gasteiger partial charge in [0.05, 0.1) is 34.7 Å². The number of ether oxygens (including phenoxy) is 2. The van der Waals surface area contributed by atoms with Crippen LogP contribution in [0.5, 0.6) is 0 Å². The summed E-state index contributed by atoms with van der Waals surface area (Å²) in [4.78, 5) is 52.9. The van der Waals surface area contributed by atoms with Crippen molar-refractivity contribution in [3.05, 3.63) is 40.4 Å². The SMILES string of the molecule is CCOC(=O)C1=C(C)C2OC(=O)C1(C)C1C(=O)N(c3ccccc3Cl)C(=O)C21. The first-order chi connectivity index (χ1) is 13.2. The Morgan fingerprint density at radius 1 is 1.25 bits per heavy atom. The largest absolute Gasteiger partial charge is 0.463 e. The lowest BCUT2D eigenvalue weighted by Crippen LogP contribution is -2.60. The summed E-state index contributed by atoms with van der Waals surface area (Å²) in [6, 6.07) is 6.49. The summed E-state index contributed by atoms with van der Waals surface area (Å²) < 4.78 is 10.6. The molecular weight excluding hydrogens is 386 g/mol. The third kappa shape index (κ3) is 2.16. The van der Waals surface area contributed by atoms with E-state index in [-0.39, 0.29) is 22.9 Å². The Kier molecular flexibility index (Phi) is 4.12. The van der Waals surface area contributed by atoms with E-state index in [1.807, 2.05) is 0 Å². The van der Waals surface area contributed by atoms with Crippen LogP contribution in [0.15, 0.2) is 35.4 Å². The van der Waals surface area contributed by atoms with Gasteiger partial charge in [0.25, 0.3) is 0 Å². The van der Waals surface area contributed by atoms with E-state index >= 15 is 0 Å². The smallest absolute Gasteiger partial charge is 0.335 e. The van der Waals surface area contributed by atoms with Crippen LogP contribution in [0.25, 0.3) is 0 Å². The van der Waals surface area contributed by atoms with E-state index in [2.05, 4.69) is 0 Å². The molecule has 5 rings (SSSR count). The number of amides is 2. The maximum Gasteiger partial charge on any atom is 0.335 e. The van der Waals surface area contributed by atoms with Gasteiger partial charge in [0, 0.05) is 0 Å². The number of fused-ring (bicyclic) bond motifs is 1. The minimum absolute atomic E-state index is 0.110. The number of imide groups is 1. The molecule has 1 aromatic carbocycles. The molecule has 2 bridgehead atoms. The molecule has 1 aromatic rings. The van der Waals surface area contributed by atoms with Crippen molar-refractivity contribution in [2.24, 2.45) is 17.3 Å². The first kappa shape index (κ1) is 18.7. The lowest BCUT2D eigenvalue weighted by Gasteiger charge is -2.48. The van der Waals surface area contributed by atoms with Gasteiger partial charge < -0.3 is 9.47 Å². The average molecular weight is 404 g/mol. The monoisotopic (exact) mass is 403 g/mol. The first-order valence-electron chi connectivity index (χ1n) is 8.96. The van der Waals surface area contributed by atoms with Crippen molar-refractivity contribution in [2.75, 3.05) is 11.5 Å². The molecule has 28 heavy (non-hydrogen) atoms. The van der Waals surface area contributed by atoms with Gasteiger partial charge in [-0.05, 0) is 38.5 Å². The molecule has 4 atom stereocenters. The van der Waals surface area contributed by atoms with Crippen LogP contribution in [0.3, 0.4) is 0 Å². The Morgan fingerprint density at radius 3 is 2.57 bits per heavy atom. The number of anilines is 1. The molecule has 8 heteroatoms. The van der Waals surface area contributed by atoms with Gasteiger partial charge in [-0.3, -0.25) is 14.4 Å². The van der Waals surface area contributed by atoms with Crippen LogP contribution in [0.1, 0.15) is 20.8 Å². The predicted octanol–water partition coefficient (Wildman–Crippen LogP) is 2.27. The fourth-order valence-electron chi connectivity index (χ4n) is 4.66. The van der Waals surface area contributed by atoms with E-state index in [1.54, 1.807) is 38.1 Å². The van der Waals surface area contributed by atoms with E-state index in [9.17, 15) is 19.2 Å². The van der Waals surface area contributed by atoms with Gasteiger partial charge in [0.2, 0.25) is 11.8 Å². The number of benzene rings is 1. The maximum absolute atomic E-state index is 13.3. The Labute approximate surface area is 166 Å². The first-order valence-corrected chi connectivity index (χ1v) is 9.34. The van der Waals surface area contributed by atoms with E-state index < -0.39 is 47.1 Å². The van der Waals surface area contributed by atoms with Gasteiger partial charge in [0.15, 0.2) is 0 Å². The van der Waals surface area contributed by atoms with Crippen LogP contribution in [0.4, 0.5) is 5.69 Å². The van der Waals surface area contributed by atoms with Crippen molar-refractivity contribution < 1.29 is 28.7 Å². The van der Waals surface area contributed by atoms with E-state index in [1.165, 1.54) is 6.92 Å². The molecule has 3 heterocycles. The molecule has 1 aliphatic carbocycles. The quantitative estimate of drug-likeness (QED) is 0.568. The molecule has 2 saturated heterocycles. The Hall–Kier alpha value is -2.67. The van der Waals surface area contributed by atoms with Crippen LogP contribution in [-0.2, 0) is 28.7 Å². The van der Waals surface area contributed by atoms with Gasteiger partial charge in [0.1, 0.15) is 11.5 Å². The van der Waals surface area contributed by atoms with Crippen LogP contribution >= 0.6 is 11.6 Å². The molecule has 4 aliphatic rings. The number of carbonyl (C=O) groups excluding carboxylic acids is 4. The highest BCUT2D eigenvalue weighted by Crippen LogP contribution is 2.58. The predicted molar refractivity (Wildman–Crippen MR) is 98.2 cm³/mol. The minimum Gasteiger partial charge on any atom is -0.463 e. The summed E-state index contributed by atoms with van der Waals surface area (Å²) >= 11 is 6.20. The second kappa shape index (κ2) is 6.17. The number of hydrogen-bond acceptors (Lipinski definition) is 6. The van der Waals surface area contributed by atoms with Crippen LogP contribution in [0.2, 0.25) is 5.02 Å². The Bertz CT molecular complexity index is 969. The zero-order chi connectivity index (χ0) is 20.4. The van der Waals surface area contributed by atoms with E-state index in [0.29, 0.717) is 5.57 Å². The Balaban J connectivity index is 1.88. The van der Waals surface area contributed by atoms with Crippen molar-refractivity contribution in [3.63, 3.8) is 0 Å². The molecule has 0 aromatic heterocycles. The lowest BCUT2D eigenvalue weighted by molar-refractivity contribution is -0.184. The molecular formula is C20H18ClNO6. The molecule has 146 valence electrons. The highest BCUT2D eigenvalue weighted by atomic mass is 35.5. The number of halogens is 1. The number of esters is 2. The topological polar surface area (TPSA) is 90.0 Å². The zero-order valence-electron chi connectivity index (χ0n) is 15.5. The van der Waals surface area contributed by atoms with Crippen LogP contribution in [0, 0.1) is 17.3 Å². The highest BCUT2D eigenvalue weighted by Gasteiger charge is 2.71. The van der Waals surface area contributed by atoms with Gasteiger partial charge in [-0.2, -0.15) is 0 Å². The molecule has 0 N–H and O–H groups in total. The lowest BCUT2D eigenvalue weighted by atomic mass is 9.57. The molecule has 3 aliphatic heterocycles. The highest BCUT2D eigenvalue weighted by molar-refractivity contribution is 6.36. The standard InChI is InChI=1S/C20H18ClNO6/c1-4-27-18(25)13-9(2)15-12-14(20(13,3)19(26)28-15)17(24)22(16(12)23)11-8-6-5-7-10(11)21/h5-8,12,14-15H,4H2,1-3H3. The number of rotatable bonds is 3. The zero-order valence-corrected chi connectivity index (χ0v) is 16.3. The fraction of sp³-hybridized carbons (Fsp3) is 0.400. The van der Waals surface area contributed by atoms with Crippen LogP contribution < -0.4 is 4.90 Å². The third-order valence-corrected chi connectivity index (χ3v) is 6.19. The molecule has 0 radical (unpaired) electrons. The van der Waals surface area contributed by atoms with Gasteiger partial charge in [-0.25, -0.2) is 9.69 Å². The summed E-state index contributed by atoms with van der Waals surface area (Å²) in [6.45, 7) is 4.88. The molecule has 0 saturated carbocycles. The maximum atomic E-state index is 13.3. The van der Waals surface area contributed by atoms with Crippen LogP contribution in [-0.4, -0.2) is 36.5 Å². The molecule has 7 nitrogen and oxygen atoms in total. The molecule has 0 spiro atoms. The number of para-hydroxylation sites is 1. The number of nitrogens with zero attached hydrogens (tertiary/aromatic N) is 1. The summed E-state index contributed by atoms with van der Waals surface area (Å²) in [6.07, 6.45) is -0.984. The van der Waals surface area contributed by atoms with Crippen molar-refractivity contribution in [3.8, 4) is 0 Å². The summed E-state index contributed by atoms with van der Waals surface area (Å²) in [5.74, 6) is -4.38. The molecule has 4 unspecified atom stereocenters. The van der Waals surface area contributed by atoms with Crippen molar-refractivity contribution in [1.82, 2.24) is 0 Å². The Morgan fingerprint density at radius 2 is 1.93 bits per heavy atom. The van der Waals surface area contributed by atoms with E-state index in [0.717, 1.165) is 4.90 Å². The number of hydrogen-bond donors (Lipinski definition) is 0. The number of carbonyl (C=O) groups is 4. The molecule has 2 fully saturated rings. The van der Waals surface area contributed by atoms with Crippen molar-refractivity contribution >= 4 is 41.0 Å². The second-order valence-corrected chi connectivity index (χ2v) is 7.68. The minimum atomic E-state index is -1.60. The van der Waals surface area contributed by atoms with E-state index in [4.69, 9.17) is 21.1 Å². The summed E-state index contributed by atoms with van der Waals surface area (Å²) in [7, 11) is 0. The van der Waals surface area contributed by atoms with Gasteiger partial charge in [-0.15, -0.1) is 0 Å². The molecule has 2 amide bonds. The van der Waals surface area contributed by atoms with Crippen molar-refractivity contribution in [1.29, 1.82) is 0 Å². The normalized spacial score (nSPS) is 31.2. The van der Waals surface area contributed by atoms with Gasteiger partial charge in [-0.1, -0.05) is 23.7 Å². The second-order valence-electron chi connectivity index (χ2n) is 7.27. The summed E-state index contributed by atoms with van der Waals surface area (Å²) in [5.41, 5.74) is -0.791. The average Bonchev–Trinajstić information content (AvgIpc) is 2.90. The van der Waals surface area contributed by atoms with Gasteiger partial charge >= 0.3 is 11.9 Å². The third-order valence-electron chi connectivity index (χ3n) is 5.87. The fourth-order valence-corrected chi connectivity index (χ4v) is 4.88. The van der Waals surface area contributed by atoms with Crippen molar-refractivity contribution in [2.45, 2.75) is 26.9 Å².